The van der Waals surface area contributed by atoms with Crippen LogP contribution in [0, 0.1) is 0 Å². The summed E-state index contributed by atoms with van der Waals surface area (Å²) in [5.41, 5.74) is 10.9. The van der Waals surface area contributed by atoms with Crippen molar-refractivity contribution < 1.29 is 8.83 Å². The third kappa shape index (κ3) is 3.90. The number of para-hydroxylation sites is 1. The van der Waals surface area contributed by atoms with Crippen LogP contribution < -0.4 is 0 Å². The van der Waals surface area contributed by atoms with Crippen molar-refractivity contribution in [2.45, 2.75) is 0 Å². The molecular formula is C48H28O2. The molecule has 2 heteroatoms. The van der Waals surface area contributed by atoms with E-state index >= 15 is 0 Å². The molecule has 0 N–H and O–H groups in total. The SMILES string of the molecule is c1ccc(-c2cccc(-c3c4ccccc4c(-c4ccc5oc6c(ccc7c6ccc6c8ccccc8oc67)c5c4)c4ccccc34)c2)cc1. The number of hydrogen-bond donors (Lipinski definition) is 0. The van der Waals surface area contributed by atoms with Gasteiger partial charge < -0.3 is 8.83 Å². The van der Waals surface area contributed by atoms with E-state index in [9.17, 15) is 0 Å². The number of rotatable bonds is 3. The maximum absolute atomic E-state index is 6.64. The van der Waals surface area contributed by atoms with Gasteiger partial charge in [-0.25, -0.2) is 0 Å². The van der Waals surface area contributed by atoms with E-state index < -0.39 is 0 Å². The predicted molar refractivity (Wildman–Crippen MR) is 210 cm³/mol. The Labute approximate surface area is 287 Å². The first-order valence-corrected chi connectivity index (χ1v) is 17.1. The lowest BCUT2D eigenvalue weighted by Crippen LogP contribution is -1.91. The van der Waals surface area contributed by atoms with Crippen LogP contribution in [-0.4, -0.2) is 0 Å². The first kappa shape index (κ1) is 27.3. The van der Waals surface area contributed by atoms with E-state index in [4.69, 9.17) is 8.83 Å². The van der Waals surface area contributed by atoms with Crippen molar-refractivity contribution >= 4 is 76.2 Å². The molecule has 0 aliphatic rings. The minimum absolute atomic E-state index is 0.879. The molecule has 0 unspecified atom stereocenters. The molecule has 0 amide bonds. The summed E-state index contributed by atoms with van der Waals surface area (Å²) in [6, 6.07) is 60.9. The van der Waals surface area contributed by atoms with Gasteiger partial charge in [0, 0.05) is 32.3 Å². The van der Waals surface area contributed by atoms with E-state index in [0.29, 0.717) is 0 Å². The molecule has 9 aromatic carbocycles. The van der Waals surface area contributed by atoms with E-state index in [2.05, 4.69) is 158 Å². The normalized spacial score (nSPS) is 12.0. The van der Waals surface area contributed by atoms with Gasteiger partial charge in [-0.1, -0.05) is 121 Å². The Kier molecular flexibility index (Phi) is 5.70. The Morgan fingerprint density at radius 2 is 0.680 bits per heavy atom. The maximum atomic E-state index is 6.64. The Bertz CT molecular complexity index is 3080. The molecule has 0 spiro atoms. The summed E-state index contributed by atoms with van der Waals surface area (Å²) >= 11 is 0. The molecule has 2 aromatic heterocycles. The highest BCUT2D eigenvalue weighted by molar-refractivity contribution is 6.25. The highest BCUT2D eigenvalue weighted by Crippen LogP contribution is 2.46. The van der Waals surface area contributed by atoms with Crippen molar-refractivity contribution in [1.29, 1.82) is 0 Å². The average Bonchev–Trinajstić information content (AvgIpc) is 3.76. The van der Waals surface area contributed by atoms with Gasteiger partial charge in [0.15, 0.2) is 0 Å². The van der Waals surface area contributed by atoms with E-state index in [0.717, 1.165) is 54.6 Å². The molecule has 2 heterocycles. The van der Waals surface area contributed by atoms with Gasteiger partial charge in [0.05, 0.1) is 0 Å². The maximum Gasteiger partial charge on any atom is 0.143 e. The van der Waals surface area contributed by atoms with Crippen molar-refractivity contribution in [1.82, 2.24) is 0 Å². The average molecular weight is 637 g/mol. The molecule has 0 aliphatic carbocycles. The quantitative estimate of drug-likeness (QED) is 0.180. The zero-order valence-electron chi connectivity index (χ0n) is 27.0. The zero-order valence-corrected chi connectivity index (χ0v) is 27.0. The second-order valence-corrected chi connectivity index (χ2v) is 13.2. The number of hydrogen-bond acceptors (Lipinski definition) is 2. The first-order valence-electron chi connectivity index (χ1n) is 17.1. The molecule has 0 saturated carbocycles. The van der Waals surface area contributed by atoms with Crippen LogP contribution in [0.1, 0.15) is 0 Å². The van der Waals surface area contributed by atoms with Crippen LogP contribution in [-0.2, 0) is 0 Å². The fourth-order valence-electron chi connectivity index (χ4n) is 8.21. The summed E-state index contributed by atoms with van der Waals surface area (Å²) < 4.78 is 13.0. The van der Waals surface area contributed by atoms with Crippen LogP contribution in [0.2, 0.25) is 0 Å². The van der Waals surface area contributed by atoms with Crippen LogP contribution in [0.15, 0.2) is 179 Å². The van der Waals surface area contributed by atoms with Crippen LogP contribution >= 0.6 is 0 Å². The lowest BCUT2D eigenvalue weighted by Gasteiger charge is -2.18. The molecule has 11 rings (SSSR count). The Morgan fingerprint density at radius 3 is 1.30 bits per heavy atom. The third-order valence-corrected chi connectivity index (χ3v) is 10.5. The number of fused-ring (bicyclic) bond motifs is 11. The summed E-state index contributed by atoms with van der Waals surface area (Å²) in [5.74, 6) is 0. The van der Waals surface area contributed by atoms with Gasteiger partial charge in [0.1, 0.15) is 22.3 Å². The molecule has 0 saturated heterocycles. The van der Waals surface area contributed by atoms with Crippen LogP contribution in [0.3, 0.4) is 0 Å². The van der Waals surface area contributed by atoms with Crippen molar-refractivity contribution in [2.24, 2.45) is 0 Å². The van der Waals surface area contributed by atoms with Crippen molar-refractivity contribution in [3.63, 3.8) is 0 Å². The van der Waals surface area contributed by atoms with Gasteiger partial charge >= 0.3 is 0 Å². The monoisotopic (exact) mass is 636 g/mol. The Hall–Kier alpha value is -6.64. The number of benzene rings is 9. The minimum Gasteiger partial charge on any atom is -0.455 e. The molecule has 0 atom stereocenters. The molecule has 0 aliphatic heterocycles. The minimum atomic E-state index is 0.879. The molecule has 0 radical (unpaired) electrons. The summed E-state index contributed by atoms with van der Waals surface area (Å²) in [6.45, 7) is 0. The first-order chi connectivity index (χ1) is 24.8. The van der Waals surface area contributed by atoms with E-state index in [-0.39, 0.29) is 0 Å². The van der Waals surface area contributed by atoms with E-state index in [1.165, 1.54) is 54.9 Å². The van der Waals surface area contributed by atoms with Gasteiger partial charge in [-0.3, -0.25) is 0 Å². The molecule has 232 valence electrons. The molecular weight excluding hydrogens is 609 g/mol. The highest BCUT2D eigenvalue weighted by atomic mass is 16.3. The fraction of sp³-hybridized carbons (Fsp3) is 0. The van der Waals surface area contributed by atoms with E-state index in [1.807, 2.05) is 12.1 Å². The van der Waals surface area contributed by atoms with Gasteiger partial charge in [0.25, 0.3) is 0 Å². The smallest absolute Gasteiger partial charge is 0.143 e. The highest BCUT2D eigenvalue weighted by Gasteiger charge is 2.19. The van der Waals surface area contributed by atoms with Crippen molar-refractivity contribution in [3.05, 3.63) is 170 Å². The van der Waals surface area contributed by atoms with Gasteiger partial charge in [0.2, 0.25) is 0 Å². The summed E-state index contributed by atoms with van der Waals surface area (Å²) in [7, 11) is 0. The largest absolute Gasteiger partial charge is 0.455 e. The molecule has 2 nitrogen and oxygen atoms in total. The second kappa shape index (κ2) is 10.4. The Balaban J connectivity index is 1.15. The molecule has 50 heavy (non-hydrogen) atoms. The molecule has 0 bridgehead atoms. The zero-order chi connectivity index (χ0) is 32.8. The lowest BCUT2D eigenvalue weighted by molar-refractivity contribution is 0.669. The second-order valence-electron chi connectivity index (χ2n) is 13.2. The van der Waals surface area contributed by atoms with Gasteiger partial charge in [-0.2, -0.15) is 0 Å². The third-order valence-electron chi connectivity index (χ3n) is 10.5. The summed E-state index contributed by atoms with van der Waals surface area (Å²) in [6.07, 6.45) is 0. The molecule has 11 aromatic rings. The van der Waals surface area contributed by atoms with Crippen LogP contribution in [0.5, 0.6) is 0 Å². The van der Waals surface area contributed by atoms with Gasteiger partial charge in [-0.05, 0) is 103 Å². The number of furan rings is 2. The Morgan fingerprint density at radius 1 is 0.240 bits per heavy atom. The van der Waals surface area contributed by atoms with Crippen molar-refractivity contribution in [3.8, 4) is 33.4 Å². The van der Waals surface area contributed by atoms with Crippen LogP contribution in [0.25, 0.3) is 110 Å². The standard InChI is InChI=1S/C48H28O2/c1-2-11-29(12-3-1)30-13-10-14-31(27-30)45-34-16-4-6-18-36(34)46(37-19-7-5-17-35(37)45)32-21-26-44-42(28-32)41-25-24-39-40(48(41)50-44)23-22-38-33-15-8-9-20-43(33)49-47(38)39/h1-28H. The fourth-order valence-corrected chi connectivity index (χ4v) is 8.21. The lowest BCUT2D eigenvalue weighted by atomic mass is 9.85. The predicted octanol–water partition coefficient (Wildman–Crippen LogP) is 13.9. The summed E-state index contributed by atoms with van der Waals surface area (Å²) in [5, 5.41) is 11.5. The van der Waals surface area contributed by atoms with Crippen molar-refractivity contribution in [2.75, 3.05) is 0 Å². The van der Waals surface area contributed by atoms with Crippen LogP contribution in [0.4, 0.5) is 0 Å². The van der Waals surface area contributed by atoms with Gasteiger partial charge in [-0.15, -0.1) is 0 Å². The van der Waals surface area contributed by atoms with E-state index in [1.54, 1.807) is 0 Å². The summed E-state index contributed by atoms with van der Waals surface area (Å²) in [4.78, 5) is 0. The molecule has 0 fully saturated rings. The topological polar surface area (TPSA) is 26.3 Å².